The molecule has 322 valence electrons. The molecule has 5 heteroatoms. The van der Waals surface area contributed by atoms with Crippen molar-refractivity contribution in [1.82, 2.24) is 15.0 Å². The van der Waals surface area contributed by atoms with Crippen LogP contribution >= 0.6 is 0 Å². The molecule has 2 aliphatic rings. The summed E-state index contributed by atoms with van der Waals surface area (Å²) >= 11 is 0. The van der Waals surface area contributed by atoms with Gasteiger partial charge in [0.15, 0.2) is 23.3 Å². The van der Waals surface area contributed by atoms with E-state index in [-0.39, 0.29) is 0 Å². The third-order valence-corrected chi connectivity index (χ3v) is 13.3. The number of rotatable bonds is 10. The molecule has 7 aromatic carbocycles. The van der Waals surface area contributed by atoms with Gasteiger partial charge in [0, 0.05) is 33.4 Å². The summed E-state index contributed by atoms with van der Waals surface area (Å²) in [4.78, 5) is 26.0. The van der Waals surface area contributed by atoms with Crippen molar-refractivity contribution in [1.29, 1.82) is 0 Å². The van der Waals surface area contributed by atoms with E-state index in [0.29, 0.717) is 24.0 Å². The van der Waals surface area contributed by atoms with E-state index in [1.165, 1.54) is 33.4 Å². The van der Waals surface area contributed by atoms with Crippen LogP contribution in [0.3, 0.4) is 0 Å². The number of aliphatic imine (C=N–C) groups is 2. The van der Waals surface area contributed by atoms with Crippen LogP contribution in [0.15, 0.2) is 198 Å². The molecule has 0 saturated carbocycles. The van der Waals surface area contributed by atoms with Gasteiger partial charge in [0.2, 0.25) is 0 Å². The monoisotopic (exact) mass is 855 g/mol. The van der Waals surface area contributed by atoms with E-state index in [4.69, 9.17) is 24.9 Å². The second-order valence-electron chi connectivity index (χ2n) is 17.6. The molecule has 0 N–H and O–H groups in total. The van der Waals surface area contributed by atoms with Crippen LogP contribution in [0.1, 0.15) is 95.4 Å². The SMILES string of the molecule is CC(=NC(=NCc1cccc2c1C=CCC2)c1ccc(C(C)(c2ccccc2)c2ccc(-c3nc(C4=CCCCC=C4)nc(-c4cccc5ccccc45)n3)cc2)c(C)c1)c1ccccc1. The maximum Gasteiger partial charge on any atom is 0.164 e. The molecule has 8 aromatic rings. The van der Waals surface area contributed by atoms with Crippen molar-refractivity contribution in [2.24, 2.45) is 9.98 Å². The number of fused-ring (bicyclic) bond motifs is 2. The molecule has 0 spiro atoms. The number of benzene rings is 7. The van der Waals surface area contributed by atoms with Gasteiger partial charge in [-0.3, -0.25) is 4.99 Å². The quantitative estimate of drug-likeness (QED) is 0.0782. The van der Waals surface area contributed by atoms with Gasteiger partial charge in [0.25, 0.3) is 0 Å². The van der Waals surface area contributed by atoms with Crippen molar-refractivity contribution in [2.75, 3.05) is 0 Å². The van der Waals surface area contributed by atoms with Crippen molar-refractivity contribution in [2.45, 2.75) is 64.8 Å². The van der Waals surface area contributed by atoms with Crippen LogP contribution in [-0.4, -0.2) is 26.5 Å². The molecule has 1 atom stereocenters. The van der Waals surface area contributed by atoms with Gasteiger partial charge in [0.1, 0.15) is 0 Å². The Balaban J connectivity index is 1.05. The highest BCUT2D eigenvalue weighted by atomic mass is 15.0. The smallest absolute Gasteiger partial charge is 0.164 e. The highest BCUT2D eigenvalue weighted by molar-refractivity contribution is 6.11. The van der Waals surface area contributed by atoms with Gasteiger partial charge >= 0.3 is 0 Å². The lowest BCUT2D eigenvalue weighted by atomic mass is 9.69. The average Bonchev–Trinajstić information content (AvgIpc) is 3.68. The minimum absolute atomic E-state index is 0.493. The molecular weight excluding hydrogens is 803 g/mol. The van der Waals surface area contributed by atoms with Crippen LogP contribution in [0.5, 0.6) is 0 Å². The summed E-state index contributed by atoms with van der Waals surface area (Å²) in [6, 6.07) is 58.2. The number of nitrogens with zero attached hydrogens (tertiary/aromatic N) is 5. The molecule has 10 rings (SSSR count). The maximum atomic E-state index is 5.28. The van der Waals surface area contributed by atoms with E-state index in [1.807, 2.05) is 6.07 Å². The van der Waals surface area contributed by atoms with Crippen LogP contribution in [0, 0.1) is 6.92 Å². The maximum absolute atomic E-state index is 5.28. The predicted octanol–water partition coefficient (Wildman–Crippen LogP) is 14.6. The minimum Gasteiger partial charge on any atom is -0.261 e. The Labute approximate surface area is 388 Å². The molecule has 0 fully saturated rings. The van der Waals surface area contributed by atoms with Gasteiger partial charge in [-0.05, 0) is 114 Å². The summed E-state index contributed by atoms with van der Waals surface area (Å²) in [5.74, 6) is 2.75. The van der Waals surface area contributed by atoms with Gasteiger partial charge < -0.3 is 0 Å². The van der Waals surface area contributed by atoms with E-state index < -0.39 is 5.41 Å². The van der Waals surface area contributed by atoms with E-state index in [2.05, 4.69) is 209 Å². The zero-order valence-electron chi connectivity index (χ0n) is 38.0. The molecule has 1 unspecified atom stereocenters. The number of amidine groups is 1. The number of aryl methyl sites for hydroxylation is 2. The summed E-state index contributed by atoms with van der Waals surface area (Å²) in [5, 5.41) is 2.27. The Morgan fingerprint density at radius 2 is 1.33 bits per heavy atom. The molecule has 5 nitrogen and oxygen atoms in total. The predicted molar refractivity (Wildman–Crippen MR) is 275 cm³/mol. The fourth-order valence-corrected chi connectivity index (χ4v) is 9.61. The Morgan fingerprint density at radius 1 is 0.621 bits per heavy atom. The number of hydrogen-bond acceptors (Lipinski definition) is 4. The highest BCUT2D eigenvalue weighted by Crippen LogP contribution is 2.41. The normalized spacial score (nSPS) is 14.9. The molecule has 0 aliphatic heterocycles. The molecule has 1 heterocycles. The molecule has 0 radical (unpaired) electrons. The van der Waals surface area contributed by atoms with Crippen LogP contribution in [-0.2, 0) is 18.4 Å². The van der Waals surface area contributed by atoms with Gasteiger partial charge in [-0.2, -0.15) is 0 Å². The first-order valence-corrected chi connectivity index (χ1v) is 23.2. The third kappa shape index (κ3) is 8.65. The second kappa shape index (κ2) is 18.8. The summed E-state index contributed by atoms with van der Waals surface area (Å²) in [5.41, 5.74) is 14.1. The van der Waals surface area contributed by atoms with Crippen molar-refractivity contribution < 1.29 is 0 Å². The molecule has 0 saturated heterocycles. The Bertz CT molecular complexity index is 3210. The largest absolute Gasteiger partial charge is 0.261 e. The first kappa shape index (κ1) is 42.3. The van der Waals surface area contributed by atoms with E-state index in [1.54, 1.807) is 0 Å². The number of hydrogen-bond donors (Lipinski definition) is 0. The Morgan fingerprint density at radius 3 is 2.17 bits per heavy atom. The zero-order valence-corrected chi connectivity index (χ0v) is 38.0. The molecule has 0 amide bonds. The van der Waals surface area contributed by atoms with Crippen LogP contribution in [0.25, 0.3) is 45.2 Å². The van der Waals surface area contributed by atoms with E-state index in [0.717, 1.165) is 87.8 Å². The van der Waals surface area contributed by atoms with Crippen LogP contribution in [0.2, 0.25) is 0 Å². The minimum atomic E-state index is -0.493. The van der Waals surface area contributed by atoms with Crippen LogP contribution in [0.4, 0.5) is 0 Å². The fourth-order valence-electron chi connectivity index (χ4n) is 9.61. The second-order valence-corrected chi connectivity index (χ2v) is 17.6. The zero-order chi connectivity index (χ0) is 44.9. The standard InChI is InChI=1S/C61H53N5/c1-42-40-49(57(63-43(2)44-20-10-6-11-21-44)62-41-50-28-18-26-45-22-14-16-31-53(45)50)36-39-56(42)61(3,51-29-12-7-13-30-51)52-37-34-48(35-38-52)59-64-58(47-24-8-4-5-9-25-47)65-60(66-59)55-33-19-27-46-23-15-17-32-54(46)55/h6-8,10-13,15-21,23-40H,4-5,9,14,22,41H2,1-3H3. The fraction of sp³-hybridized carbons (Fsp3) is 0.164. The molecular formula is C61H53N5. The van der Waals surface area contributed by atoms with Crippen molar-refractivity contribution in [3.63, 3.8) is 0 Å². The topological polar surface area (TPSA) is 63.4 Å². The van der Waals surface area contributed by atoms with Crippen molar-refractivity contribution in [3.8, 4) is 22.8 Å². The Kier molecular flexibility index (Phi) is 12.1. The lowest BCUT2D eigenvalue weighted by molar-refractivity contribution is 0.687. The van der Waals surface area contributed by atoms with Crippen molar-refractivity contribution in [3.05, 3.63) is 244 Å². The van der Waals surface area contributed by atoms with Gasteiger partial charge in [-0.25, -0.2) is 19.9 Å². The van der Waals surface area contributed by atoms with Gasteiger partial charge in [-0.15, -0.1) is 0 Å². The summed E-state index contributed by atoms with van der Waals surface area (Å²) in [6.45, 7) is 7.17. The summed E-state index contributed by atoms with van der Waals surface area (Å²) in [6.07, 6.45) is 16.5. The lowest BCUT2D eigenvalue weighted by Crippen LogP contribution is -2.26. The average molecular weight is 856 g/mol. The van der Waals surface area contributed by atoms with Gasteiger partial charge in [-0.1, -0.05) is 188 Å². The molecule has 0 bridgehead atoms. The molecule has 2 aliphatic carbocycles. The summed E-state index contributed by atoms with van der Waals surface area (Å²) in [7, 11) is 0. The van der Waals surface area contributed by atoms with E-state index >= 15 is 0 Å². The highest BCUT2D eigenvalue weighted by Gasteiger charge is 2.33. The van der Waals surface area contributed by atoms with Gasteiger partial charge in [0.05, 0.1) is 6.54 Å². The van der Waals surface area contributed by atoms with E-state index in [9.17, 15) is 0 Å². The first-order chi connectivity index (χ1) is 32.4. The number of aromatic nitrogens is 3. The molecule has 1 aromatic heterocycles. The third-order valence-electron chi connectivity index (χ3n) is 13.3. The lowest BCUT2D eigenvalue weighted by Gasteiger charge is -2.33. The number of allylic oxidation sites excluding steroid dienone is 5. The van der Waals surface area contributed by atoms with Crippen molar-refractivity contribution >= 4 is 34.0 Å². The summed E-state index contributed by atoms with van der Waals surface area (Å²) < 4.78 is 0. The molecule has 66 heavy (non-hydrogen) atoms. The van der Waals surface area contributed by atoms with Crippen LogP contribution < -0.4 is 0 Å². The first-order valence-electron chi connectivity index (χ1n) is 23.2. The Hall–Kier alpha value is -7.63.